The van der Waals surface area contributed by atoms with E-state index in [2.05, 4.69) is 22.7 Å². The van der Waals surface area contributed by atoms with Crippen LogP contribution in [0.1, 0.15) is 31.9 Å². The highest BCUT2D eigenvalue weighted by Crippen LogP contribution is 2.23. The number of rotatable bonds is 4. The van der Waals surface area contributed by atoms with Gasteiger partial charge in [-0.05, 0) is 44.7 Å². The summed E-state index contributed by atoms with van der Waals surface area (Å²) in [4.78, 5) is 12.1. The Kier molecular flexibility index (Phi) is 6.49. The highest BCUT2D eigenvalue weighted by Gasteiger charge is 2.22. The summed E-state index contributed by atoms with van der Waals surface area (Å²) in [5, 5.41) is 10.6. The Hall–Kier alpha value is -1.07. The van der Waals surface area contributed by atoms with Gasteiger partial charge in [0.05, 0.1) is 5.69 Å². The molecule has 114 valence electrons. The van der Waals surface area contributed by atoms with Gasteiger partial charge in [0, 0.05) is 19.5 Å². The van der Waals surface area contributed by atoms with E-state index in [1.54, 1.807) is 4.68 Å². The SMILES string of the molecule is Cc1cc(NC(=O)CC(C)C2CCCNC2)n(C)n1.Cl. The third kappa shape index (κ3) is 4.49. The van der Waals surface area contributed by atoms with E-state index < -0.39 is 0 Å². The van der Waals surface area contributed by atoms with Gasteiger partial charge in [-0.3, -0.25) is 9.48 Å². The Balaban J connectivity index is 0.00000200. The van der Waals surface area contributed by atoms with Gasteiger partial charge >= 0.3 is 0 Å². The van der Waals surface area contributed by atoms with E-state index in [0.29, 0.717) is 18.3 Å². The van der Waals surface area contributed by atoms with Gasteiger partial charge < -0.3 is 10.6 Å². The van der Waals surface area contributed by atoms with E-state index in [9.17, 15) is 4.79 Å². The highest BCUT2D eigenvalue weighted by atomic mass is 35.5. The number of nitrogens with one attached hydrogen (secondary N) is 2. The van der Waals surface area contributed by atoms with Gasteiger partial charge in [0.2, 0.25) is 5.91 Å². The van der Waals surface area contributed by atoms with Gasteiger partial charge in [0.1, 0.15) is 5.82 Å². The molecule has 2 atom stereocenters. The van der Waals surface area contributed by atoms with Crippen LogP contribution in [0.2, 0.25) is 0 Å². The van der Waals surface area contributed by atoms with Crippen LogP contribution in [-0.4, -0.2) is 28.8 Å². The molecule has 20 heavy (non-hydrogen) atoms. The molecule has 2 rings (SSSR count). The molecule has 1 aromatic rings. The maximum absolute atomic E-state index is 12.1. The average Bonchev–Trinajstić information content (AvgIpc) is 2.68. The molecule has 1 fully saturated rings. The number of anilines is 1. The molecular formula is C14H25ClN4O. The van der Waals surface area contributed by atoms with Crippen LogP contribution in [0.25, 0.3) is 0 Å². The van der Waals surface area contributed by atoms with Gasteiger partial charge in [0.15, 0.2) is 0 Å². The molecule has 1 saturated heterocycles. The van der Waals surface area contributed by atoms with Gasteiger partial charge in [-0.1, -0.05) is 6.92 Å². The fraction of sp³-hybridized carbons (Fsp3) is 0.714. The van der Waals surface area contributed by atoms with Crippen LogP contribution in [0.3, 0.4) is 0 Å². The Bertz CT molecular complexity index is 440. The third-order valence-corrected chi connectivity index (χ3v) is 3.92. The molecule has 6 heteroatoms. The molecule has 1 amide bonds. The van der Waals surface area contributed by atoms with E-state index in [0.717, 1.165) is 24.6 Å². The molecule has 1 aromatic heterocycles. The minimum Gasteiger partial charge on any atom is -0.316 e. The zero-order valence-corrected chi connectivity index (χ0v) is 13.3. The van der Waals surface area contributed by atoms with Crippen molar-refractivity contribution in [2.75, 3.05) is 18.4 Å². The summed E-state index contributed by atoms with van der Waals surface area (Å²) in [5.74, 6) is 1.90. The summed E-state index contributed by atoms with van der Waals surface area (Å²) in [6.07, 6.45) is 3.03. The quantitative estimate of drug-likeness (QED) is 0.895. The predicted octanol–water partition coefficient (Wildman–Crippen LogP) is 2.11. The number of carbonyl (C=O) groups is 1. The number of hydrogen-bond acceptors (Lipinski definition) is 3. The zero-order valence-electron chi connectivity index (χ0n) is 12.5. The molecular weight excluding hydrogens is 276 g/mol. The first-order valence-corrected chi connectivity index (χ1v) is 7.07. The molecule has 0 radical (unpaired) electrons. The van der Waals surface area contributed by atoms with Crippen LogP contribution in [0, 0.1) is 18.8 Å². The lowest BCUT2D eigenvalue weighted by Crippen LogP contribution is -2.34. The van der Waals surface area contributed by atoms with Crippen molar-refractivity contribution in [1.82, 2.24) is 15.1 Å². The summed E-state index contributed by atoms with van der Waals surface area (Å²) in [6.45, 7) is 6.25. The molecule has 1 aliphatic heterocycles. The molecule has 0 aliphatic carbocycles. The van der Waals surface area contributed by atoms with Crippen molar-refractivity contribution in [2.45, 2.75) is 33.1 Å². The molecule has 5 nitrogen and oxygen atoms in total. The van der Waals surface area contributed by atoms with Gasteiger partial charge in [-0.25, -0.2) is 0 Å². The lowest BCUT2D eigenvalue weighted by molar-refractivity contribution is -0.117. The summed E-state index contributed by atoms with van der Waals surface area (Å²) in [5.41, 5.74) is 0.919. The lowest BCUT2D eigenvalue weighted by Gasteiger charge is -2.27. The molecule has 0 bridgehead atoms. The number of aryl methyl sites for hydroxylation is 2. The van der Waals surface area contributed by atoms with Crippen molar-refractivity contribution in [2.24, 2.45) is 18.9 Å². The van der Waals surface area contributed by atoms with Crippen LogP contribution in [0.4, 0.5) is 5.82 Å². The first kappa shape index (κ1) is 17.0. The number of halogens is 1. The van der Waals surface area contributed by atoms with E-state index >= 15 is 0 Å². The summed E-state index contributed by atoms with van der Waals surface area (Å²) < 4.78 is 1.71. The molecule has 0 saturated carbocycles. The maximum atomic E-state index is 12.1. The van der Waals surface area contributed by atoms with Crippen molar-refractivity contribution in [3.63, 3.8) is 0 Å². The third-order valence-electron chi connectivity index (χ3n) is 3.92. The van der Waals surface area contributed by atoms with E-state index in [4.69, 9.17) is 0 Å². The largest absolute Gasteiger partial charge is 0.316 e. The second-order valence-corrected chi connectivity index (χ2v) is 5.63. The number of piperidine rings is 1. The van der Waals surface area contributed by atoms with Crippen LogP contribution < -0.4 is 10.6 Å². The Morgan fingerprint density at radius 1 is 1.65 bits per heavy atom. The molecule has 0 aromatic carbocycles. The fourth-order valence-corrected chi connectivity index (χ4v) is 2.75. The number of hydrogen-bond donors (Lipinski definition) is 2. The number of aromatic nitrogens is 2. The Morgan fingerprint density at radius 2 is 2.40 bits per heavy atom. The topological polar surface area (TPSA) is 59.0 Å². The van der Waals surface area contributed by atoms with E-state index in [1.807, 2.05) is 20.0 Å². The summed E-state index contributed by atoms with van der Waals surface area (Å²) in [7, 11) is 1.84. The standard InChI is InChI=1S/C14H24N4O.ClH/c1-10(12-5-4-6-15-9-12)7-14(19)16-13-8-11(2)17-18(13)3;/h8,10,12,15H,4-7,9H2,1-3H3,(H,16,19);1H. The van der Waals surface area contributed by atoms with Gasteiger partial charge in [-0.15, -0.1) is 12.4 Å². The minimum atomic E-state index is 0. The molecule has 2 unspecified atom stereocenters. The van der Waals surface area contributed by atoms with Crippen molar-refractivity contribution in [3.8, 4) is 0 Å². The van der Waals surface area contributed by atoms with E-state index in [1.165, 1.54) is 12.8 Å². The van der Waals surface area contributed by atoms with Crippen molar-refractivity contribution >= 4 is 24.1 Å². The maximum Gasteiger partial charge on any atom is 0.225 e. The molecule has 0 spiro atoms. The molecule has 2 N–H and O–H groups in total. The highest BCUT2D eigenvalue weighted by molar-refractivity contribution is 5.90. The predicted molar refractivity (Wildman–Crippen MR) is 83.2 cm³/mol. The summed E-state index contributed by atoms with van der Waals surface area (Å²) in [6, 6.07) is 1.89. The second kappa shape index (κ2) is 7.64. The Labute approximate surface area is 126 Å². The monoisotopic (exact) mass is 300 g/mol. The van der Waals surface area contributed by atoms with E-state index in [-0.39, 0.29) is 18.3 Å². The summed E-state index contributed by atoms with van der Waals surface area (Å²) >= 11 is 0. The average molecular weight is 301 g/mol. The van der Waals surface area contributed by atoms with Gasteiger partial charge in [0.25, 0.3) is 0 Å². The van der Waals surface area contributed by atoms with Crippen LogP contribution >= 0.6 is 12.4 Å². The van der Waals surface area contributed by atoms with Gasteiger partial charge in [-0.2, -0.15) is 5.10 Å². The number of amides is 1. The first-order chi connectivity index (χ1) is 9.06. The smallest absolute Gasteiger partial charge is 0.225 e. The first-order valence-electron chi connectivity index (χ1n) is 7.07. The van der Waals surface area contributed by atoms with Crippen molar-refractivity contribution < 1.29 is 4.79 Å². The van der Waals surface area contributed by atoms with Crippen LogP contribution in [0.5, 0.6) is 0 Å². The molecule has 1 aliphatic rings. The molecule has 2 heterocycles. The van der Waals surface area contributed by atoms with Crippen LogP contribution in [-0.2, 0) is 11.8 Å². The van der Waals surface area contributed by atoms with Crippen molar-refractivity contribution in [3.05, 3.63) is 11.8 Å². The number of carbonyl (C=O) groups excluding carboxylic acids is 1. The lowest BCUT2D eigenvalue weighted by atomic mass is 9.85. The number of nitrogens with zero attached hydrogens (tertiary/aromatic N) is 2. The van der Waals surface area contributed by atoms with Crippen LogP contribution in [0.15, 0.2) is 6.07 Å². The fourth-order valence-electron chi connectivity index (χ4n) is 2.75. The second-order valence-electron chi connectivity index (χ2n) is 5.63. The minimum absolute atomic E-state index is 0. The van der Waals surface area contributed by atoms with Crippen molar-refractivity contribution in [1.29, 1.82) is 0 Å². The normalized spacial score (nSPS) is 20.1. The Morgan fingerprint density at radius 3 is 2.95 bits per heavy atom. The zero-order chi connectivity index (χ0) is 13.8.